The maximum absolute atomic E-state index is 12.0. The molecule has 0 spiro atoms. The average Bonchev–Trinajstić information content (AvgIpc) is 2.38. The zero-order chi connectivity index (χ0) is 15.1. The molecule has 0 saturated heterocycles. The van der Waals surface area contributed by atoms with Crippen molar-refractivity contribution in [2.75, 3.05) is 6.61 Å². The van der Waals surface area contributed by atoms with E-state index >= 15 is 0 Å². The summed E-state index contributed by atoms with van der Waals surface area (Å²) in [4.78, 5) is 25.9. The minimum atomic E-state index is -3.04. The molecule has 0 aliphatic carbocycles. The molecule has 0 aliphatic heterocycles. The molecule has 0 aliphatic rings. The molecule has 1 heterocycles. The van der Waals surface area contributed by atoms with Crippen molar-refractivity contribution in [3.8, 4) is 5.75 Å². The van der Waals surface area contributed by atoms with Gasteiger partial charge < -0.3 is 14.6 Å². The molecule has 0 amide bonds. The van der Waals surface area contributed by atoms with Crippen molar-refractivity contribution >= 4 is 36.4 Å². The van der Waals surface area contributed by atoms with E-state index < -0.39 is 24.1 Å². The molecule has 0 unspecified atom stereocenters. The summed E-state index contributed by atoms with van der Waals surface area (Å²) in [6, 6.07) is 1.05. The molecule has 1 aromatic rings. The van der Waals surface area contributed by atoms with Crippen LogP contribution in [0.1, 0.15) is 12.5 Å². The van der Waals surface area contributed by atoms with Crippen LogP contribution in [0.3, 0.4) is 0 Å². The van der Waals surface area contributed by atoms with Crippen LogP contribution in [0.25, 0.3) is 5.76 Å². The first kappa shape index (κ1) is 19.1. The van der Waals surface area contributed by atoms with Gasteiger partial charge in [0.1, 0.15) is 11.5 Å². The Labute approximate surface area is 130 Å². The van der Waals surface area contributed by atoms with Gasteiger partial charge in [0.2, 0.25) is 0 Å². The number of aliphatic hydroxyl groups is 1. The van der Waals surface area contributed by atoms with E-state index in [1.807, 2.05) is 0 Å². The van der Waals surface area contributed by atoms with Crippen molar-refractivity contribution in [1.82, 2.24) is 4.98 Å². The fraction of sp³-hybridized carbons (Fsp3) is 0.250. The topological polar surface area (TPSA) is 85.7 Å². The van der Waals surface area contributed by atoms with E-state index in [4.69, 9.17) is 0 Å². The molecule has 21 heavy (non-hydrogen) atoms. The molecule has 6 nitrogen and oxygen atoms in total. The number of rotatable bonds is 6. The molecule has 1 N–H and O–H groups in total. The summed E-state index contributed by atoms with van der Waals surface area (Å²) < 4.78 is 32.5. The van der Waals surface area contributed by atoms with Gasteiger partial charge in [0.25, 0.3) is 5.78 Å². The predicted octanol–water partition coefficient (Wildman–Crippen LogP) is 1.07. The first-order valence-corrected chi connectivity index (χ1v) is 5.46. The van der Waals surface area contributed by atoms with Crippen LogP contribution in [0.5, 0.6) is 5.75 Å². The van der Waals surface area contributed by atoms with Gasteiger partial charge in [-0.25, -0.2) is 4.79 Å². The van der Waals surface area contributed by atoms with Crippen molar-refractivity contribution in [3.63, 3.8) is 0 Å². The standard InChI is InChI=1S/C12H11F2NO5.Li.H/c1-2-19-11(18)10(17)4-9(16)7-3-8(6-15-5-7)20-12(13)14;;/h3-6,12,16H,2H2,1H3;;. The van der Waals surface area contributed by atoms with Gasteiger partial charge in [0.15, 0.2) is 0 Å². The number of nitrogens with zero attached hydrogens (tertiary/aromatic N) is 1. The van der Waals surface area contributed by atoms with E-state index in [1.165, 1.54) is 6.92 Å². The Morgan fingerprint density at radius 2 is 2.10 bits per heavy atom. The molecule has 0 bridgehead atoms. The minimum absolute atomic E-state index is 0. The zero-order valence-electron chi connectivity index (χ0n) is 10.4. The molecule has 0 atom stereocenters. The van der Waals surface area contributed by atoms with E-state index in [1.54, 1.807) is 0 Å². The predicted molar refractivity (Wildman–Crippen MR) is 70.3 cm³/mol. The number of carbonyl (C=O) groups excluding carboxylic acids is 2. The van der Waals surface area contributed by atoms with Crippen molar-refractivity contribution in [1.29, 1.82) is 0 Å². The number of carbonyl (C=O) groups is 2. The second-order valence-electron chi connectivity index (χ2n) is 3.40. The van der Waals surface area contributed by atoms with Gasteiger partial charge in [-0.1, -0.05) is 0 Å². The van der Waals surface area contributed by atoms with Gasteiger partial charge in [-0.15, -0.1) is 0 Å². The molecule has 0 aromatic carbocycles. The van der Waals surface area contributed by atoms with E-state index in [0.717, 1.165) is 18.5 Å². The summed E-state index contributed by atoms with van der Waals surface area (Å²) in [5.41, 5.74) is -0.0548. The first-order chi connectivity index (χ1) is 9.43. The first-order valence-electron chi connectivity index (χ1n) is 5.46. The Hall–Kier alpha value is -1.91. The Kier molecular flexibility index (Phi) is 8.27. The molecule has 9 heteroatoms. The number of hydrogen-bond acceptors (Lipinski definition) is 6. The number of aromatic nitrogens is 1. The van der Waals surface area contributed by atoms with Gasteiger partial charge in [0.05, 0.1) is 12.8 Å². The van der Waals surface area contributed by atoms with E-state index in [2.05, 4.69) is 14.5 Å². The fourth-order valence-electron chi connectivity index (χ4n) is 1.19. The fourth-order valence-corrected chi connectivity index (χ4v) is 1.19. The average molecular weight is 295 g/mol. The van der Waals surface area contributed by atoms with Crippen LogP contribution in [0.15, 0.2) is 24.5 Å². The van der Waals surface area contributed by atoms with Crippen LogP contribution >= 0.6 is 0 Å². The molecule has 1 aromatic heterocycles. The van der Waals surface area contributed by atoms with Gasteiger partial charge in [-0.05, 0) is 13.0 Å². The molecule has 110 valence electrons. The van der Waals surface area contributed by atoms with Crippen molar-refractivity contribution in [3.05, 3.63) is 30.1 Å². The third-order valence-electron chi connectivity index (χ3n) is 1.98. The monoisotopic (exact) mass is 295 g/mol. The third kappa shape index (κ3) is 6.38. The summed E-state index contributed by atoms with van der Waals surface area (Å²) in [7, 11) is 0. The summed E-state index contributed by atoms with van der Waals surface area (Å²) >= 11 is 0. The van der Waals surface area contributed by atoms with E-state index in [-0.39, 0.29) is 36.8 Å². The molecule has 0 fully saturated rings. The van der Waals surface area contributed by atoms with Crippen molar-refractivity contribution < 1.29 is 33.0 Å². The normalized spacial score (nSPS) is 10.8. The van der Waals surface area contributed by atoms with Crippen molar-refractivity contribution in [2.45, 2.75) is 13.5 Å². The second-order valence-corrected chi connectivity index (χ2v) is 3.40. The van der Waals surface area contributed by atoms with Crippen molar-refractivity contribution in [2.24, 2.45) is 0 Å². The van der Waals surface area contributed by atoms with Crippen LogP contribution in [0.4, 0.5) is 8.78 Å². The van der Waals surface area contributed by atoms with Crippen LogP contribution in [-0.2, 0) is 14.3 Å². The zero-order valence-corrected chi connectivity index (χ0v) is 10.4. The van der Waals surface area contributed by atoms with Gasteiger partial charge in [-0.3, -0.25) is 9.78 Å². The Balaban J connectivity index is 0.00000400. The number of hydrogen-bond donors (Lipinski definition) is 1. The molecular weight excluding hydrogens is 283 g/mol. The van der Waals surface area contributed by atoms with Crippen LogP contribution in [-0.4, -0.2) is 53.9 Å². The Morgan fingerprint density at radius 1 is 1.43 bits per heavy atom. The van der Waals surface area contributed by atoms with Crippen LogP contribution in [0, 0.1) is 0 Å². The van der Waals surface area contributed by atoms with E-state index in [9.17, 15) is 23.5 Å². The van der Waals surface area contributed by atoms with Crippen LogP contribution in [0.2, 0.25) is 0 Å². The molecule has 0 saturated carbocycles. The molecule has 0 radical (unpaired) electrons. The number of halogens is 2. The molecular formula is C12H12F2LiNO5. The number of ketones is 1. The molecule has 1 rings (SSSR count). The summed E-state index contributed by atoms with van der Waals surface area (Å²) in [5.74, 6) is -3.12. The SMILES string of the molecule is CCOC(=O)C(=O)C=C(O)c1cncc(OC(F)F)c1.[LiH]. The van der Waals surface area contributed by atoms with Gasteiger partial charge in [0, 0.05) is 17.8 Å². The Bertz CT molecular complexity index is 536. The Morgan fingerprint density at radius 3 is 2.67 bits per heavy atom. The number of ether oxygens (including phenoxy) is 2. The number of esters is 1. The third-order valence-corrected chi connectivity index (χ3v) is 1.98. The summed E-state index contributed by atoms with van der Waals surface area (Å²) in [6.07, 6.45) is 2.74. The van der Waals surface area contributed by atoms with Gasteiger partial charge >= 0.3 is 31.4 Å². The maximum atomic E-state index is 12.0. The number of alkyl halides is 2. The quantitative estimate of drug-likeness (QED) is 0.278. The number of pyridine rings is 1. The second kappa shape index (κ2) is 9.10. The van der Waals surface area contributed by atoms with Gasteiger partial charge in [-0.2, -0.15) is 8.78 Å². The summed E-state index contributed by atoms with van der Waals surface area (Å²) in [6.45, 7) is -1.51. The summed E-state index contributed by atoms with van der Waals surface area (Å²) in [5, 5.41) is 9.62. The number of aliphatic hydroxyl groups excluding tert-OH is 1. The van der Waals surface area contributed by atoms with Crippen LogP contribution < -0.4 is 4.74 Å². The van der Waals surface area contributed by atoms with E-state index in [0.29, 0.717) is 6.08 Å².